The van der Waals surface area contributed by atoms with Gasteiger partial charge in [-0.2, -0.15) is 0 Å². The Morgan fingerprint density at radius 1 is 1.91 bits per heavy atom. The van der Waals surface area contributed by atoms with Gasteiger partial charge in [-0.05, 0) is 17.8 Å². The molecule has 11 heavy (non-hydrogen) atoms. The Bertz CT molecular complexity index is 222. The van der Waals surface area contributed by atoms with Crippen LogP contribution in [0.4, 0.5) is 0 Å². The van der Waals surface area contributed by atoms with Gasteiger partial charge in [-0.3, -0.25) is 0 Å². The third kappa shape index (κ3) is 1.83. The second-order valence-corrected chi connectivity index (χ2v) is 3.26. The number of carboxylic acid groups (broad SMARTS) is 1. The summed E-state index contributed by atoms with van der Waals surface area (Å²) >= 11 is 1.33. The first-order valence-corrected chi connectivity index (χ1v) is 4.31. The van der Waals surface area contributed by atoms with Crippen LogP contribution in [-0.4, -0.2) is 34.4 Å². The smallest absolute Gasteiger partial charge is 0.258 e. The van der Waals surface area contributed by atoms with E-state index in [1.165, 1.54) is 11.8 Å². The van der Waals surface area contributed by atoms with E-state index in [1.807, 2.05) is 0 Å². The molecule has 60 valence electrons. The predicted octanol–water partition coefficient (Wildman–Crippen LogP) is -0.920. The zero-order chi connectivity index (χ0) is 8.27. The fourth-order valence-corrected chi connectivity index (χ4v) is 1.93. The molecule has 0 aliphatic carbocycles. The first kappa shape index (κ1) is 8.33. The molecule has 0 atom stereocenters. The molecule has 0 saturated carbocycles. The SMILES string of the molecule is C=CC[N+]1=C(C(=O)[O-])SCC1. The lowest BCUT2D eigenvalue weighted by atomic mass is 10.5. The number of carboxylic acids is 1. The van der Waals surface area contributed by atoms with Crippen LogP contribution in [0.2, 0.25) is 0 Å². The van der Waals surface area contributed by atoms with Gasteiger partial charge in [0.25, 0.3) is 5.04 Å². The maximum atomic E-state index is 10.4. The van der Waals surface area contributed by atoms with E-state index in [2.05, 4.69) is 6.58 Å². The van der Waals surface area contributed by atoms with Crippen molar-refractivity contribution in [2.24, 2.45) is 0 Å². The molecule has 0 saturated heterocycles. The fourth-order valence-electron chi connectivity index (χ4n) is 0.963. The van der Waals surface area contributed by atoms with Crippen molar-refractivity contribution < 1.29 is 14.5 Å². The molecule has 0 N–H and O–H groups in total. The minimum atomic E-state index is -1.07. The minimum absolute atomic E-state index is 0.338. The molecule has 0 amide bonds. The zero-order valence-corrected chi connectivity index (χ0v) is 6.89. The summed E-state index contributed by atoms with van der Waals surface area (Å²) in [5.41, 5.74) is 0. The van der Waals surface area contributed by atoms with Crippen LogP contribution in [0.5, 0.6) is 0 Å². The third-order valence-corrected chi connectivity index (χ3v) is 2.50. The number of rotatable bonds is 3. The van der Waals surface area contributed by atoms with Crippen molar-refractivity contribution in [2.45, 2.75) is 0 Å². The summed E-state index contributed by atoms with van der Waals surface area (Å²) in [6, 6.07) is 0. The number of thioether (sulfide) groups is 1. The molecule has 0 unspecified atom stereocenters. The number of carbonyl (C=O) groups is 1. The van der Waals surface area contributed by atoms with Crippen LogP contribution in [0.25, 0.3) is 0 Å². The summed E-state index contributed by atoms with van der Waals surface area (Å²) in [5.74, 6) is -0.244. The molecule has 0 radical (unpaired) electrons. The van der Waals surface area contributed by atoms with E-state index < -0.39 is 5.97 Å². The van der Waals surface area contributed by atoms with Crippen LogP contribution in [0.3, 0.4) is 0 Å². The Morgan fingerprint density at radius 2 is 2.64 bits per heavy atom. The molecule has 3 nitrogen and oxygen atoms in total. The summed E-state index contributed by atoms with van der Waals surface area (Å²) in [5, 5.41) is 10.8. The molecule has 1 aliphatic heterocycles. The fraction of sp³-hybridized carbons (Fsp3) is 0.429. The molecule has 0 aromatic rings. The van der Waals surface area contributed by atoms with E-state index in [0.717, 1.165) is 12.3 Å². The number of hydrogen-bond donors (Lipinski definition) is 0. The molecule has 0 spiro atoms. The lowest BCUT2D eigenvalue weighted by Gasteiger charge is -1.97. The highest BCUT2D eigenvalue weighted by Gasteiger charge is 2.22. The molecule has 0 aromatic heterocycles. The standard InChI is InChI=1S/C7H9NO2S/c1-2-3-8-4-5-11-6(8)7(9)10/h2H,1,3-5H2. The van der Waals surface area contributed by atoms with Gasteiger partial charge in [-0.25, -0.2) is 4.58 Å². The van der Waals surface area contributed by atoms with Crippen molar-refractivity contribution in [2.75, 3.05) is 18.8 Å². The monoisotopic (exact) mass is 171 g/mol. The van der Waals surface area contributed by atoms with E-state index in [1.54, 1.807) is 10.7 Å². The number of nitrogens with zero attached hydrogens (tertiary/aromatic N) is 1. The maximum Gasteiger partial charge on any atom is 0.258 e. The van der Waals surface area contributed by atoms with Crippen LogP contribution in [0.15, 0.2) is 12.7 Å². The largest absolute Gasteiger partial charge is 0.539 e. The van der Waals surface area contributed by atoms with Crippen LogP contribution in [-0.2, 0) is 4.79 Å². The van der Waals surface area contributed by atoms with E-state index in [-0.39, 0.29) is 0 Å². The Balaban J connectivity index is 2.76. The zero-order valence-electron chi connectivity index (χ0n) is 6.08. The highest BCUT2D eigenvalue weighted by atomic mass is 32.2. The van der Waals surface area contributed by atoms with Crippen molar-refractivity contribution in [1.29, 1.82) is 0 Å². The summed E-state index contributed by atoms with van der Waals surface area (Å²) < 4.78 is 1.76. The summed E-state index contributed by atoms with van der Waals surface area (Å²) in [7, 11) is 0. The quantitative estimate of drug-likeness (QED) is 0.407. The Kier molecular flexibility index (Phi) is 2.70. The molecule has 0 fully saturated rings. The van der Waals surface area contributed by atoms with Crippen LogP contribution in [0.1, 0.15) is 0 Å². The van der Waals surface area contributed by atoms with Gasteiger partial charge in [0.05, 0.1) is 5.75 Å². The summed E-state index contributed by atoms with van der Waals surface area (Å²) in [6.45, 7) is 4.91. The Morgan fingerprint density at radius 3 is 3.18 bits per heavy atom. The molecular formula is C7H9NO2S. The van der Waals surface area contributed by atoms with Gasteiger partial charge in [0.15, 0.2) is 13.1 Å². The maximum absolute atomic E-state index is 10.4. The molecule has 1 heterocycles. The molecular weight excluding hydrogens is 162 g/mol. The lowest BCUT2D eigenvalue weighted by Crippen LogP contribution is -2.34. The highest BCUT2D eigenvalue weighted by molar-refractivity contribution is 8.15. The Hall–Kier alpha value is -0.770. The summed E-state index contributed by atoms with van der Waals surface area (Å²) in [6.07, 6.45) is 1.69. The van der Waals surface area contributed by atoms with Crippen molar-refractivity contribution >= 4 is 22.8 Å². The predicted molar refractivity (Wildman–Crippen MR) is 42.7 cm³/mol. The highest BCUT2D eigenvalue weighted by Crippen LogP contribution is 2.10. The Labute approximate surface area is 69.4 Å². The van der Waals surface area contributed by atoms with E-state index >= 15 is 0 Å². The van der Waals surface area contributed by atoms with Gasteiger partial charge in [-0.1, -0.05) is 6.58 Å². The van der Waals surface area contributed by atoms with Crippen molar-refractivity contribution in [3.63, 3.8) is 0 Å². The molecule has 4 heteroatoms. The van der Waals surface area contributed by atoms with Gasteiger partial charge >= 0.3 is 0 Å². The topological polar surface area (TPSA) is 43.1 Å². The second-order valence-electron chi connectivity index (χ2n) is 2.18. The summed E-state index contributed by atoms with van der Waals surface area (Å²) in [4.78, 5) is 10.4. The van der Waals surface area contributed by atoms with Crippen molar-refractivity contribution in [3.8, 4) is 0 Å². The second kappa shape index (κ2) is 3.57. The first-order chi connectivity index (χ1) is 5.25. The normalized spacial score (nSPS) is 17.1. The van der Waals surface area contributed by atoms with Gasteiger partial charge < -0.3 is 9.90 Å². The van der Waals surface area contributed by atoms with Gasteiger partial charge in [0.2, 0.25) is 0 Å². The van der Waals surface area contributed by atoms with Crippen molar-refractivity contribution in [1.82, 2.24) is 0 Å². The number of carbonyl (C=O) groups excluding carboxylic acids is 1. The van der Waals surface area contributed by atoms with Gasteiger partial charge in [0.1, 0.15) is 5.97 Å². The van der Waals surface area contributed by atoms with Crippen LogP contribution in [0, 0.1) is 0 Å². The van der Waals surface area contributed by atoms with Crippen LogP contribution < -0.4 is 5.11 Å². The minimum Gasteiger partial charge on any atom is -0.539 e. The van der Waals surface area contributed by atoms with Gasteiger partial charge in [0, 0.05) is 0 Å². The third-order valence-electron chi connectivity index (χ3n) is 1.41. The molecule has 0 bridgehead atoms. The van der Waals surface area contributed by atoms with Gasteiger partial charge in [-0.15, -0.1) is 0 Å². The number of hydrogen-bond acceptors (Lipinski definition) is 3. The average Bonchev–Trinajstić information content (AvgIpc) is 2.36. The van der Waals surface area contributed by atoms with Crippen LogP contribution >= 0.6 is 11.8 Å². The molecule has 0 aromatic carbocycles. The van der Waals surface area contributed by atoms with E-state index in [9.17, 15) is 9.90 Å². The first-order valence-electron chi connectivity index (χ1n) is 3.32. The van der Waals surface area contributed by atoms with E-state index in [4.69, 9.17) is 0 Å². The molecule has 1 rings (SSSR count). The average molecular weight is 171 g/mol. The molecule has 1 aliphatic rings. The number of aliphatic carboxylic acids is 1. The lowest BCUT2D eigenvalue weighted by molar-refractivity contribution is -0.508. The van der Waals surface area contributed by atoms with E-state index in [0.29, 0.717) is 11.6 Å². The van der Waals surface area contributed by atoms with Crippen molar-refractivity contribution in [3.05, 3.63) is 12.7 Å².